The summed E-state index contributed by atoms with van der Waals surface area (Å²) in [7, 11) is 0. The van der Waals surface area contributed by atoms with Crippen molar-refractivity contribution in [1.29, 1.82) is 5.26 Å². The first kappa shape index (κ1) is 17.7. The van der Waals surface area contributed by atoms with E-state index in [0.29, 0.717) is 17.9 Å². The summed E-state index contributed by atoms with van der Waals surface area (Å²) in [6.45, 7) is 2.99. The van der Waals surface area contributed by atoms with E-state index in [0.717, 1.165) is 45.3 Å². The Morgan fingerprint density at radius 1 is 1.32 bits per heavy atom. The Labute approximate surface area is 148 Å². The molecule has 25 heavy (non-hydrogen) atoms. The molecular weight excluding hydrogens is 318 g/mol. The first-order chi connectivity index (χ1) is 12.2. The zero-order valence-corrected chi connectivity index (χ0v) is 14.4. The molecule has 0 radical (unpaired) electrons. The maximum absolute atomic E-state index is 11.9. The monoisotopic (exact) mass is 343 g/mol. The number of nitrogens with one attached hydrogen (secondary N) is 1. The number of rotatable bonds is 7. The minimum atomic E-state index is -0.887. The number of piperidine rings is 1. The molecular formula is C19H25N3O3. The van der Waals surface area contributed by atoms with Crippen molar-refractivity contribution in [2.75, 3.05) is 26.2 Å². The maximum Gasteiger partial charge on any atom is 0.249 e. The molecule has 1 aromatic rings. The number of aliphatic hydroxyl groups excluding tert-OH is 1. The highest BCUT2D eigenvalue weighted by Crippen LogP contribution is 2.23. The predicted molar refractivity (Wildman–Crippen MR) is 93.0 cm³/mol. The first-order valence-electron chi connectivity index (χ1n) is 9.00. The van der Waals surface area contributed by atoms with Gasteiger partial charge in [0.2, 0.25) is 5.91 Å². The van der Waals surface area contributed by atoms with Crippen LogP contribution in [-0.4, -0.2) is 54.3 Å². The van der Waals surface area contributed by atoms with Crippen LogP contribution in [0.3, 0.4) is 0 Å². The maximum atomic E-state index is 11.9. The molecule has 2 N–H and O–H groups in total. The van der Waals surface area contributed by atoms with Crippen LogP contribution in [0.2, 0.25) is 0 Å². The zero-order valence-electron chi connectivity index (χ0n) is 14.4. The molecule has 6 heteroatoms. The normalized spacial score (nSPS) is 19.8. The van der Waals surface area contributed by atoms with Crippen molar-refractivity contribution in [3.05, 3.63) is 29.8 Å². The second-order valence-electron chi connectivity index (χ2n) is 6.86. The molecule has 0 aromatic heterocycles. The SMILES string of the molecule is N#Cc1ccccc1OCCN1CCC(C(O)C(=O)NC2CC2)CC1. The molecule has 2 aliphatic rings. The minimum absolute atomic E-state index is 0.0373. The Hall–Kier alpha value is -2.10. The van der Waals surface area contributed by atoms with Crippen LogP contribution in [0, 0.1) is 17.2 Å². The van der Waals surface area contributed by atoms with Gasteiger partial charge in [-0.2, -0.15) is 5.26 Å². The molecule has 0 bridgehead atoms. The van der Waals surface area contributed by atoms with Gasteiger partial charge in [-0.25, -0.2) is 0 Å². The number of benzene rings is 1. The molecule has 1 atom stereocenters. The van der Waals surface area contributed by atoms with Gasteiger partial charge < -0.3 is 15.2 Å². The van der Waals surface area contributed by atoms with Gasteiger partial charge in [0.15, 0.2) is 0 Å². The lowest BCUT2D eigenvalue weighted by atomic mass is 9.90. The Balaban J connectivity index is 1.37. The highest BCUT2D eigenvalue weighted by Gasteiger charge is 2.32. The van der Waals surface area contributed by atoms with Crippen molar-refractivity contribution in [3.63, 3.8) is 0 Å². The molecule has 3 rings (SSSR count). The molecule has 1 aliphatic heterocycles. The number of carbonyl (C=O) groups is 1. The van der Waals surface area contributed by atoms with Gasteiger partial charge in [0.05, 0.1) is 5.56 Å². The average Bonchev–Trinajstić information content (AvgIpc) is 3.46. The molecule has 1 amide bonds. The Morgan fingerprint density at radius 3 is 2.72 bits per heavy atom. The van der Waals surface area contributed by atoms with Crippen LogP contribution in [0.25, 0.3) is 0 Å². The second kappa shape index (κ2) is 8.32. The standard InChI is InChI=1S/C19H25N3O3/c20-13-15-3-1-2-4-17(15)25-12-11-22-9-7-14(8-10-22)18(23)19(24)21-16-5-6-16/h1-4,14,16,18,23H,5-12H2,(H,21,24). The number of ether oxygens (including phenoxy) is 1. The van der Waals surface area contributed by atoms with Crippen LogP contribution in [0.4, 0.5) is 0 Å². The van der Waals surface area contributed by atoms with Gasteiger partial charge in [0.1, 0.15) is 24.5 Å². The lowest BCUT2D eigenvalue weighted by Crippen LogP contribution is -2.45. The average molecular weight is 343 g/mol. The van der Waals surface area contributed by atoms with Gasteiger partial charge in [0, 0.05) is 12.6 Å². The number of amides is 1. The van der Waals surface area contributed by atoms with Crippen LogP contribution in [0.5, 0.6) is 5.75 Å². The summed E-state index contributed by atoms with van der Waals surface area (Å²) < 4.78 is 5.72. The van der Waals surface area contributed by atoms with Gasteiger partial charge in [-0.3, -0.25) is 9.69 Å². The van der Waals surface area contributed by atoms with Gasteiger partial charge in [-0.1, -0.05) is 12.1 Å². The van der Waals surface area contributed by atoms with Gasteiger partial charge >= 0.3 is 0 Å². The van der Waals surface area contributed by atoms with Gasteiger partial charge in [0.25, 0.3) is 0 Å². The summed E-state index contributed by atoms with van der Waals surface area (Å²) in [6, 6.07) is 9.64. The van der Waals surface area contributed by atoms with E-state index in [4.69, 9.17) is 10.00 Å². The van der Waals surface area contributed by atoms with Gasteiger partial charge in [-0.15, -0.1) is 0 Å². The lowest BCUT2D eigenvalue weighted by molar-refractivity contribution is -0.133. The largest absolute Gasteiger partial charge is 0.491 e. The van der Waals surface area contributed by atoms with Crippen LogP contribution in [0.15, 0.2) is 24.3 Å². The van der Waals surface area contributed by atoms with E-state index in [-0.39, 0.29) is 17.9 Å². The number of likely N-dealkylation sites (tertiary alicyclic amines) is 1. The molecule has 1 saturated carbocycles. The number of nitriles is 1. The zero-order chi connectivity index (χ0) is 17.6. The molecule has 1 heterocycles. The van der Waals surface area contributed by atoms with Crippen LogP contribution < -0.4 is 10.1 Å². The quantitative estimate of drug-likeness (QED) is 0.779. The molecule has 2 fully saturated rings. The van der Waals surface area contributed by atoms with Crippen LogP contribution in [0.1, 0.15) is 31.2 Å². The first-order valence-corrected chi connectivity index (χ1v) is 9.00. The van der Waals surface area contributed by atoms with Gasteiger partial charge in [-0.05, 0) is 56.8 Å². The van der Waals surface area contributed by atoms with E-state index in [1.54, 1.807) is 12.1 Å². The molecule has 1 aromatic carbocycles. The van der Waals surface area contributed by atoms with Crippen molar-refractivity contribution in [3.8, 4) is 11.8 Å². The Kier molecular flexibility index (Phi) is 5.90. The molecule has 134 valence electrons. The van der Waals surface area contributed by atoms with Crippen molar-refractivity contribution in [1.82, 2.24) is 10.2 Å². The van der Waals surface area contributed by atoms with Crippen molar-refractivity contribution in [2.24, 2.45) is 5.92 Å². The smallest absolute Gasteiger partial charge is 0.249 e. The van der Waals surface area contributed by atoms with E-state index in [9.17, 15) is 9.90 Å². The van der Waals surface area contributed by atoms with Crippen LogP contribution >= 0.6 is 0 Å². The number of hydrogen-bond acceptors (Lipinski definition) is 5. The topological polar surface area (TPSA) is 85.6 Å². The fourth-order valence-electron chi connectivity index (χ4n) is 3.19. The summed E-state index contributed by atoms with van der Waals surface area (Å²) in [6.07, 6.45) is 2.81. The summed E-state index contributed by atoms with van der Waals surface area (Å²) in [5.74, 6) is 0.444. The van der Waals surface area contributed by atoms with Crippen molar-refractivity contribution < 1.29 is 14.6 Å². The fraction of sp³-hybridized carbons (Fsp3) is 0.579. The lowest BCUT2D eigenvalue weighted by Gasteiger charge is -2.33. The number of para-hydroxylation sites is 1. The Morgan fingerprint density at radius 2 is 2.04 bits per heavy atom. The van der Waals surface area contributed by atoms with Crippen LogP contribution in [-0.2, 0) is 4.79 Å². The van der Waals surface area contributed by atoms with E-state index in [1.807, 2.05) is 12.1 Å². The highest BCUT2D eigenvalue weighted by molar-refractivity contribution is 5.81. The number of hydrogen-bond donors (Lipinski definition) is 2. The third-order valence-electron chi connectivity index (χ3n) is 4.94. The molecule has 1 unspecified atom stereocenters. The second-order valence-corrected chi connectivity index (χ2v) is 6.86. The summed E-state index contributed by atoms with van der Waals surface area (Å²) in [5.41, 5.74) is 0.547. The summed E-state index contributed by atoms with van der Waals surface area (Å²) in [4.78, 5) is 14.2. The third kappa shape index (κ3) is 4.94. The summed E-state index contributed by atoms with van der Waals surface area (Å²) >= 11 is 0. The van der Waals surface area contributed by atoms with E-state index in [2.05, 4.69) is 16.3 Å². The predicted octanol–water partition coefficient (Wildman–Crippen LogP) is 1.29. The third-order valence-corrected chi connectivity index (χ3v) is 4.94. The number of carbonyl (C=O) groups excluding carboxylic acids is 1. The Bertz CT molecular complexity index is 631. The molecule has 0 spiro atoms. The number of nitrogens with zero attached hydrogens (tertiary/aromatic N) is 2. The minimum Gasteiger partial charge on any atom is -0.491 e. The molecule has 6 nitrogen and oxygen atoms in total. The summed E-state index contributed by atoms with van der Waals surface area (Å²) in [5, 5.41) is 22.1. The van der Waals surface area contributed by atoms with Crippen molar-refractivity contribution >= 4 is 5.91 Å². The molecule has 1 saturated heterocycles. The molecule has 1 aliphatic carbocycles. The van der Waals surface area contributed by atoms with E-state index < -0.39 is 6.10 Å². The van der Waals surface area contributed by atoms with E-state index >= 15 is 0 Å². The van der Waals surface area contributed by atoms with E-state index in [1.165, 1.54) is 0 Å². The fourth-order valence-corrected chi connectivity index (χ4v) is 3.19. The number of aliphatic hydroxyl groups is 1. The van der Waals surface area contributed by atoms with Crippen molar-refractivity contribution in [2.45, 2.75) is 37.8 Å². The highest BCUT2D eigenvalue weighted by atomic mass is 16.5.